The van der Waals surface area contributed by atoms with Crippen LogP contribution >= 0.6 is 11.3 Å². The Labute approximate surface area is 118 Å². The minimum atomic E-state index is 0.659. The molecule has 0 saturated carbocycles. The van der Waals surface area contributed by atoms with Crippen LogP contribution in [-0.2, 0) is 6.54 Å². The summed E-state index contributed by atoms with van der Waals surface area (Å²) in [6.45, 7) is 5.73. The molecule has 4 heteroatoms. The smallest absolute Gasteiger partial charge is 0.181 e. The van der Waals surface area contributed by atoms with Crippen LogP contribution in [0, 0.1) is 0 Å². The Morgan fingerprint density at radius 2 is 2.05 bits per heavy atom. The highest BCUT2D eigenvalue weighted by molar-refractivity contribution is 7.22. The van der Waals surface area contributed by atoms with Crippen LogP contribution in [0.5, 0.6) is 0 Å². The lowest BCUT2D eigenvalue weighted by atomic mass is 9.97. The van der Waals surface area contributed by atoms with E-state index in [2.05, 4.69) is 41.9 Å². The first-order valence-electron chi connectivity index (χ1n) is 7.04. The Kier molecular flexibility index (Phi) is 3.46. The first-order valence-corrected chi connectivity index (χ1v) is 7.86. The SMILES string of the molecule is CC1CCCC(C)N1Cc1ccc2nc(N)sc2c1. The van der Waals surface area contributed by atoms with Crippen LogP contribution in [0.1, 0.15) is 38.7 Å². The molecule has 1 aliphatic rings. The van der Waals surface area contributed by atoms with Gasteiger partial charge in [-0.3, -0.25) is 4.90 Å². The van der Waals surface area contributed by atoms with E-state index in [0.717, 1.165) is 12.1 Å². The van der Waals surface area contributed by atoms with E-state index in [-0.39, 0.29) is 0 Å². The van der Waals surface area contributed by atoms with E-state index in [4.69, 9.17) is 5.73 Å². The monoisotopic (exact) mass is 275 g/mol. The van der Waals surface area contributed by atoms with Crippen molar-refractivity contribution in [3.63, 3.8) is 0 Å². The molecular formula is C15H21N3S. The fraction of sp³-hybridized carbons (Fsp3) is 0.533. The molecule has 0 aliphatic carbocycles. The number of aromatic nitrogens is 1. The van der Waals surface area contributed by atoms with Crippen molar-refractivity contribution in [2.24, 2.45) is 0 Å². The summed E-state index contributed by atoms with van der Waals surface area (Å²) in [6, 6.07) is 7.90. The molecule has 1 aliphatic heterocycles. The first kappa shape index (κ1) is 12.9. The number of nitrogens with zero attached hydrogens (tertiary/aromatic N) is 2. The Morgan fingerprint density at radius 1 is 1.32 bits per heavy atom. The molecule has 0 amide bonds. The molecule has 0 spiro atoms. The largest absolute Gasteiger partial charge is 0.375 e. The number of piperidine rings is 1. The topological polar surface area (TPSA) is 42.2 Å². The lowest BCUT2D eigenvalue weighted by molar-refractivity contribution is 0.0953. The zero-order valence-corrected chi connectivity index (χ0v) is 12.4. The third-order valence-corrected chi connectivity index (χ3v) is 5.06. The molecule has 2 atom stereocenters. The zero-order chi connectivity index (χ0) is 13.4. The summed E-state index contributed by atoms with van der Waals surface area (Å²) < 4.78 is 1.20. The second-order valence-corrected chi connectivity index (χ2v) is 6.72. The third-order valence-electron chi connectivity index (χ3n) is 4.21. The molecule has 3 nitrogen and oxygen atoms in total. The van der Waals surface area contributed by atoms with Gasteiger partial charge in [0, 0.05) is 18.6 Å². The molecule has 1 fully saturated rings. The van der Waals surface area contributed by atoms with E-state index in [1.807, 2.05) is 0 Å². The van der Waals surface area contributed by atoms with E-state index < -0.39 is 0 Å². The van der Waals surface area contributed by atoms with Gasteiger partial charge in [-0.1, -0.05) is 23.8 Å². The van der Waals surface area contributed by atoms with Crippen molar-refractivity contribution in [1.82, 2.24) is 9.88 Å². The normalized spacial score (nSPS) is 24.9. The maximum absolute atomic E-state index is 5.77. The van der Waals surface area contributed by atoms with Gasteiger partial charge in [-0.25, -0.2) is 4.98 Å². The van der Waals surface area contributed by atoms with Crippen LogP contribution in [0.2, 0.25) is 0 Å². The van der Waals surface area contributed by atoms with Crippen molar-refractivity contribution in [2.45, 2.75) is 51.7 Å². The molecule has 1 aromatic heterocycles. The number of anilines is 1. The highest BCUT2D eigenvalue weighted by atomic mass is 32.1. The van der Waals surface area contributed by atoms with Crippen LogP contribution < -0.4 is 5.73 Å². The molecule has 19 heavy (non-hydrogen) atoms. The van der Waals surface area contributed by atoms with Crippen molar-refractivity contribution >= 4 is 26.7 Å². The predicted molar refractivity (Wildman–Crippen MR) is 82.4 cm³/mol. The fourth-order valence-corrected chi connectivity index (χ4v) is 3.88. The van der Waals surface area contributed by atoms with E-state index in [1.165, 1.54) is 29.5 Å². The number of fused-ring (bicyclic) bond motifs is 1. The van der Waals surface area contributed by atoms with Gasteiger partial charge in [-0.15, -0.1) is 0 Å². The molecule has 0 bridgehead atoms. The van der Waals surface area contributed by atoms with Gasteiger partial charge >= 0.3 is 0 Å². The van der Waals surface area contributed by atoms with E-state index in [9.17, 15) is 0 Å². The maximum Gasteiger partial charge on any atom is 0.181 e. The minimum Gasteiger partial charge on any atom is -0.375 e. The van der Waals surface area contributed by atoms with Gasteiger partial charge in [-0.2, -0.15) is 0 Å². The van der Waals surface area contributed by atoms with Crippen LogP contribution in [0.25, 0.3) is 10.2 Å². The highest BCUT2D eigenvalue weighted by Gasteiger charge is 2.24. The summed E-state index contributed by atoms with van der Waals surface area (Å²) in [6.07, 6.45) is 4.00. The molecule has 3 rings (SSSR count). The second-order valence-electron chi connectivity index (χ2n) is 5.66. The van der Waals surface area contributed by atoms with Gasteiger partial charge in [-0.05, 0) is 44.4 Å². The standard InChI is InChI=1S/C15H21N3S/c1-10-4-3-5-11(2)18(10)9-12-6-7-13-14(8-12)19-15(16)17-13/h6-8,10-11H,3-5,9H2,1-2H3,(H2,16,17). The zero-order valence-electron chi connectivity index (χ0n) is 11.6. The summed E-state index contributed by atoms with van der Waals surface area (Å²) in [5.41, 5.74) is 8.16. The highest BCUT2D eigenvalue weighted by Crippen LogP contribution is 2.28. The third kappa shape index (κ3) is 2.60. The van der Waals surface area contributed by atoms with Gasteiger partial charge < -0.3 is 5.73 Å². The van der Waals surface area contributed by atoms with Crippen molar-refractivity contribution in [1.29, 1.82) is 0 Å². The van der Waals surface area contributed by atoms with Crippen LogP contribution in [0.4, 0.5) is 5.13 Å². The van der Waals surface area contributed by atoms with Crippen LogP contribution in [0.15, 0.2) is 18.2 Å². The molecule has 1 saturated heterocycles. The van der Waals surface area contributed by atoms with Crippen molar-refractivity contribution in [3.8, 4) is 0 Å². The average Bonchev–Trinajstić information content (AvgIpc) is 2.73. The minimum absolute atomic E-state index is 0.659. The molecule has 102 valence electrons. The van der Waals surface area contributed by atoms with Gasteiger partial charge in [0.05, 0.1) is 10.2 Å². The summed E-state index contributed by atoms with van der Waals surface area (Å²) in [5.74, 6) is 0. The molecule has 1 aromatic carbocycles. The average molecular weight is 275 g/mol. The summed E-state index contributed by atoms with van der Waals surface area (Å²) in [4.78, 5) is 6.93. The summed E-state index contributed by atoms with van der Waals surface area (Å²) >= 11 is 1.58. The second kappa shape index (κ2) is 5.10. The summed E-state index contributed by atoms with van der Waals surface area (Å²) in [7, 11) is 0. The molecule has 2 aromatic rings. The number of thiazole rings is 1. The molecule has 2 N–H and O–H groups in total. The lowest BCUT2D eigenvalue weighted by Crippen LogP contribution is -2.42. The van der Waals surface area contributed by atoms with Gasteiger partial charge in [0.2, 0.25) is 0 Å². The maximum atomic E-state index is 5.77. The quantitative estimate of drug-likeness (QED) is 0.910. The molecular weight excluding hydrogens is 254 g/mol. The number of benzene rings is 1. The number of hydrogen-bond donors (Lipinski definition) is 1. The predicted octanol–water partition coefficient (Wildman–Crippen LogP) is 3.64. The number of hydrogen-bond acceptors (Lipinski definition) is 4. The van der Waals surface area contributed by atoms with Crippen LogP contribution in [-0.4, -0.2) is 22.0 Å². The van der Waals surface area contributed by atoms with Crippen molar-refractivity contribution in [3.05, 3.63) is 23.8 Å². The Morgan fingerprint density at radius 3 is 2.79 bits per heavy atom. The number of likely N-dealkylation sites (tertiary alicyclic amines) is 1. The van der Waals surface area contributed by atoms with E-state index in [1.54, 1.807) is 11.3 Å². The van der Waals surface area contributed by atoms with Gasteiger partial charge in [0.25, 0.3) is 0 Å². The molecule has 2 heterocycles. The van der Waals surface area contributed by atoms with Crippen molar-refractivity contribution in [2.75, 3.05) is 5.73 Å². The molecule has 2 unspecified atom stereocenters. The summed E-state index contributed by atoms with van der Waals surface area (Å²) in [5, 5.41) is 0.659. The van der Waals surface area contributed by atoms with Gasteiger partial charge in [0.15, 0.2) is 5.13 Å². The first-order chi connectivity index (χ1) is 9.13. The number of nitrogen functional groups attached to an aromatic ring is 1. The van der Waals surface area contributed by atoms with E-state index in [0.29, 0.717) is 17.2 Å². The lowest BCUT2D eigenvalue weighted by Gasteiger charge is -2.39. The van der Waals surface area contributed by atoms with Crippen LogP contribution in [0.3, 0.4) is 0 Å². The Balaban J connectivity index is 1.83. The number of rotatable bonds is 2. The Hall–Kier alpha value is -1.13. The number of nitrogens with two attached hydrogens (primary N) is 1. The van der Waals surface area contributed by atoms with Crippen molar-refractivity contribution < 1.29 is 0 Å². The molecule has 0 radical (unpaired) electrons. The fourth-order valence-electron chi connectivity index (χ4n) is 3.08. The van der Waals surface area contributed by atoms with Gasteiger partial charge in [0.1, 0.15) is 0 Å². The Bertz CT molecular complexity index is 568. The van der Waals surface area contributed by atoms with E-state index >= 15 is 0 Å².